The van der Waals surface area contributed by atoms with Gasteiger partial charge in [0.05, 0.1) is 12.2 Å². The van der Waals surface area contributed by atoms with Gasteiger partial charge in [-0.2, -0.15) is 0 Å². The van der Waals surface area contributed by atoms with Crippen LogP contribution in [0.2, 0.25) is 0 Å². The van der Waals surface area contributed by atoms with Crippen molar-refractivity contribution in [3.05, 3.63) is 41.6 Å². The maximum absolute atomic E-state index is 5.57. The Morgan fingerprint density at radius 2 is 1.81 bits per heavy atom. The van der Waals surface area contributed by atoms with E-state index in [-0.39, 0.29) is 0 Å². The fourth-order valence-electron chi connectivity index (χ4n) is 2.73. The number of aromatic nitrogens is 1. The van der Waals surface area contributed by atoms with Gasteiger partial charge in [-0.05, 0) is 57.4 Å². The predicted octanol–water partition coefficient (Wildman–Crippen LogP) is 3.89. The maximum Gasteiger partial charge on any atom is 0.213 e. The van der Waals surface area contributed by atoms with Crippen LogP contribution in [0.5, 0.6) is 0 Å². The minimum atomic E-state index is 0.623. The summed E-state index contributed by atoms with van der Waals surface area (Å²) in [6.45, 7) is 6.90. The third-order valence-electron chi connectivity index (χ3n) is 4.11. The molecule has 1 fully saturated rings. The molecule has 0 unspecified atom stereocenters. The quantitative estimate of drug-likeness (QED) is 0.925. The molecule has 21 heavy (non-hydrogen) atoms. The van der Waals surface area contributed by atoms with Crippen LogP contribution in [0.15, 0.2) is 28.7 Å². The van der Waals surface area contributed by atoms with Crippen LogP contribution in [0.3, 0.4) is 0 Å². The minimum Gasteiger partial charge on any atom is -0.444 e. The Hall–Kier alpha value is -1.97. The van der Waals surface area contributed by atoms with Crippen molar-refractivity contribution in [2.24, 2.45) is 0 Å². The van der Waals surface area contributed by atoms with Gasteiger partial charge in [-0.3, -0.25) is 0 Å². The van der Waals surface area contributed by atoms with Crippen molar-refractivity contribution in [2.75, 3.05) is 23.3 Å². The number of hydrogen-bond donors (Lipinski definition) is 1. The lowest BCUT2D eigenvalue weighted by Gasteiger charge is -2.28. The van der Waals surface area contributed by atoms with E-state index in [1.807, 2.05) is 13.8 Å². The number of benzene rings is 1. The third-order valence-corrected chi connectivity index (χ3v) is 4.11. The Morgan fingerprint density at radius 1 is 1.10 bits per heavy atom. The van der Waals surface area contributed by atoms with Crippen LogP contribution in [0.25, 0.3) is 0 Å². The number of hydrogen-bond acceptors (Lipinski definition) is 4. The highest BCUT2D eigenvalue weighted by molar-refractivity contribution is 5.55. The summed E-state index contributed by atoms with van der Waals surface area (Å²) < 4.78 is 5.57. The lowest BCUT2D eigenvalue weighted by Crippen LogP contribution is -2.29. The molecule has 0 bridgehead atoms. The molecule has 4 nitrogen and oxygen atoms in total. The van der Waals surface area contributed by atoms with Crippen LogP contribution in [0, 0.1) is 13.8 Å². The Bertz CT molecular complexity index is 563. The van der Waals surface area contributed by atoms with Gasteiger partial charge in [-0.1, -0.05) is 0 Å². The molecule has 1 aliphatic rings. The van der Waals surface area contributed by atoms with Gasteiger partial charge in [0.15, 0.2) is 0 Å². The van der Waals surface area contributed by atoms with Crippen molar-refractivity contribution in [2.45, 2.75) is 39.7 Å². The highest BCUT2D eigenvalue weighted by Crippen LogP contribution is 2.22. The first-order valence-electron chi connectivity index (χ1n) is 7.74. The van der Waals surface area contributed by atoms with E-state index in [0.29, 0.717) is 6.54 Å². The normalized spacial score (nSPS) is 15.2. The number of piperidine rings is 1. The van der Waals surface area contributed by atoms with E-state index in [1.54, 1.807) is 0 Å². The summed E-state index contributed by atoms with van der Waals surface area (Å²) in [6, 6.07) is 8.65. The SMILES string of the molecule is Cc1nc(CNc2ccc(N3CCCCC3)cc2)oc1C. The molecule has 2 heterocycles. The van der Waals surface area contributed by atoms with Gasteiger partial charge in [0.25, 0.3) is 0 Å². The summed E-state index contributed by atoms with van der Waals surface area (Å²) in [4.78, 5) is 6.85. The second kappa shape index (κ2) is 6.20. The topological polar surface area (TPSA) is 41.3 Å². The lowest BCUT2D eigenvalue weighted by atomic mass is 10.1. The summed E-state index contributed by atoms with van der Waals surface area (Å²) in [5.41, 5.74) is 3.39. The van der Waals surface area contributed by atoms with Crippen LogP contribution in [0.1, 0.15) is 36.6 Å². The predicted molar refractivity (Wildman–Crippen MR) is 85.8 cm³/mol. The van der Waals surface area contributed by atoms with Crippen molar-refractivity contribution in [1.29, 1.82) is 0 Å². The first kappa shape index (κ1) is 14.0. The number of nitrogens with one attached hydrogen (secondary N) is 1. The summed E-state index contributed by atoms with van der Waals surface area (Å²) in [6.07, 6.45) is 3.98. The van der Waals surface area contributed by atoms with E-state index in [9.17, 15) is 0 Å². The van der Waals surface area contributed by atoms with Crippen molar-refractivity contribution < 1.29 is 4.42 Å². The molecule has 0 aliphatic carbocycles. The molecule has 1 aliphatic heterocycles. The highest BCUT2D eigenvalue weighted by Gasteiger charge is 2.10. The fourth-order valence-corrected chi connectivity index (χ4v) is 2.73. The highest BCUT2D eigenvalue weighted by atomic mass is 16.4. The average molecular weight is 285 g/mol. The van der Waals surface area contributed by atoms with Gasteiger partial charge >= 0.3 is 0 Å². The van der Waals surface area contributed by atoms with E-state index < -0.39 is 0 Å². The number of nitrogens with zero attached hydrogens (tertiary/aromatic N) is 2. The average Bonchev–Trinajstić information content (AvgIpc) is 2.85. The first-order chi connectivity index (χ1) is 10.2. The number of rotatable bonds is 4. The molecule has 4 heteroatoms. The molecule has 3 rings (SSSR count). The molecule has 112 valence electrons. The van der Waals surface area contributed by atoms with Gasteiger partial charge in [-0.15, -0.1) is 0 Å². The second-order valence-electron chi connectivity index (χ2n) is 5.70. The molecule has 2 aromatic rings. The smallest absolute Gasteiger partial charge is 0.213 e. The Balaban J connectivity index is 1.59. The molecule has 1 N–H and O–H groups in total. The monoisotopic (exact) mass is 285 g/mol. The molecule has 0 radical (unpaired) electrons. The van der Waals surface area contributed by atoms with Crippen molar-refractivity contribution in [1.82, 2.24) is 4.98 Å². The number of aryl methyl sites for hydroxylation is 2. The molecule has 0 atom stereocenters. The zero-order valence-electron chi connectivity index (χ0n) is 12.9. The molecule has 0 spiro atoms. The number of anilines is 2. The molecule has 1 aromatic heterocycles. The first-order valence-corrected chi connectivity index (χ1v) is 7.74. The Morgan fingerprint density at radius 3 is 2.43 bits per heavy atom. The summed E-state index contributed by atoms with van der Waals surface area (Å²) in [7, 11) is 0. The van der Waals surface area contributed by atoms with Gasteiger partial charge in [-0.25, -0.2) is 4.98 Å². The van der Waals surface area contributed by atoms with Crippen molar-refractivity contribution >= 4 is 11.4 Å². The van der Waals surface area contributed by atoms with Crippen LogP contribution >= 0.6 is 0 Å². The summed E-state index contributed by atoms with van der Waals surface area (Å²) >= 11 is 0. The lowest BCUT2D eigenvalue weighted by molar-refractivity contribution is 0.478. The zero-order valence-corrected chi connectivity index (χ0v) is 12.9. The fraction of sp³-hybridized carbons (Fsp3) is 0.471. The van der Waals surface area contributed by atoms with Gasteiger partial charge in [0, 0.05) is 24.5 Å². The van der Waals surface area contributed by atoms with E-state index in [1.165, 1.54) is 38.0 Å². The largest absolute Gasteiger partial charge is 0.444 e. The summed E-state index contributed by atoms with van der Waals surface area (Å²) in [5.74, 6) is 1.64. The van der Waals surface area contributed by atoms with Crippen LogP contribution in [0.4, 0.5) is 11.4 Å². The van der Waals surface area contributed by atoms with Gasteiger partial charge < -0.3 is 14.6 Å². The minimum absolute atomic E-state index is 0.623. The van der Waals surface area contributed by atoms with E-state index >= 15 is 0 Å². The summed E-state index contributed by atoms with van der Waals surface area (Å²) in [5, 5.41) is 3.36. The van der Waals surface area contributed by atoms with E-state index in [4.69, 9.17) is 4.42 Å². The molecular formula is C17H23N3O. The molecule has 1 aromatic carbocycles. The third kappa shape index (κ3) is 3.38. The molecule has 1 saturated heterocycles. The molecular weight excluding hydrogens is 262 g/mol. The number of oxazole rings is 1. The van der Waals surface area contributed by atoms with Crippen molar-refractivity contribution in [3.8, 4) is 0 Å². The van der Waals surface area contributed by atoms with Crippen molar-refractivity contribution in [3.63, 3.8) is 0 Å². The van der Waals surface area contributed by atoms with Crippen LogP contribution in [-0.2, 0) is 6.54 Å². The Labute approximate surface area is 126 Å². The zero-order chi connectivity index (χ0) is 14.7. The van der Waals surface area contributed by atoms with Gasteiger partial charge in [0.1, 0.15) is 5.76 Å². The standard InChI is InChI=1S/C17H23N3O/c1-13-14(2)21-17(19-13)12-18-15-6-8-16(9-7-15)20-10-4-3-5-11-20/h6-9,18H,3-5,10-12H2,1-2H3. The maximum atomic E-state index is 5.57. The van der Waals surface area contributed by atoms with Crippen LogP contribution < -0.4 is 10.2 Å². The van der Waals surface area contributed by atoms with E-state index in [2.05, 4.69) is 39.5 Å². The van der Waals surface area contributed by atoms with E-state index in [0.717, 1.165) is 23.0 Å². The molecule has 0 amide bonds. The van der Waals surface area contributed by atoms with Crippen LogP contribution in [-0.4, -0.2) is 18.1 Å². The van der Waals surface area contributed by atoms with Gasteiger partial charge in [0.2, 0.25) is 5.89 Å². The molecule has 0 saturated carbocycles. The Kier molecular flexibility index (Phi) is 4.13. The second-order valence-corrected chi connectivity index (χ2v) is 5.70.